The predicted molar refractivity (Wildman–Crippen MR) is 81.1 cm³/mol. The topological polar surface area (TPSA) is 63.4 Å². The minimum atomic E-state index is -3.46. The maximum atomic E-state index is 12.9. The highest BCUT2D eigenvalue weighted by Gasteiger charge is 2.35. The molecule has 2 rings (SSSR count). The Morgan fingerprint density at radius 3 is 2.65 bits per heavy atom. The summed E-state index contributed by atoms with van der Waals surface area (Å²) in [5, 5.41) is 0. The molecule has 20 heavy (non-hydrogen) atoms. The number of hydrogen-bond acceptors (Lipinski definition) is 3. The molecule has 0 saturated carbocycles. The van der Waals surface area contributed by atoms with Gasteiger partial charge in [-0.05, 0) is 50.8 Å². The summed E-state index contributed by atoms with van der Waals surface area (Å²) in [5.41, 5.74) is 7.75. The Morgan fingerprint density at radius 1 is 1.30 bits per heavy atom. The molecule has 1 saturated heterocycles. The van der Waals surface area contributed by atoms with E-state index in [1.54, 1.807) is 10.4 Å². The Bertz CT molecular complexity index is 582. The Balaban J connectivity index is 2.45. The van der Waals surface area contributed by atoms with Crippen LogP contribution in [0.25, 0.3) is 0 Å². The minimum absolute atomic E-state index is 0.0892. The summed E-state index contributed by atoms with van der Waals surface area (Å²) >= 11 is 0. The molecular formula is C15H24N2O2S. The van der Waals surface area contributed by atoms with Gasteiger partial charge in [-0.1, -0.05) is 18.6 Å². The Labute approximate surface area is 122 Å². The molecule has 0 aromatic heterocycles. The quantitative estimate of drug-likeness (QED) is 0.930. The van der Waals surface area contributed by atoms with E-state index in [4.69, 9.17) is 5.73 Å². The molecule has 4 nitrogen and oxygen atoms in total. The van der Waals surface area contributed by atoms with Crippen LogP contribution in [0.2, 0.25) is 0 Å². The molecule has 1 aromatic carbocycles. The second-order valence-electron chi connectivity index (χ2n) is 5.81. The van der Waals surface area contributed by atoms with E-state index in [-0.39, 0.29) is 12.1 Å². The van der Waals surface area contributed by atoms with E-state index in [9.17, 15) is 8.42 Å². The number of hydrogen-bond donors (Lipinski definition) is 1. The molecule has 112 valence electrons. The molecule has 1 aliphatic heterocycles. The zero-order valence-corrected chi connectivity index (χ0v) is 13.3. The van der Waals surface area contributed by atoms with Crippen molar-refractivity contribution in [3.63, 3.8) is 0 Å². The third-order valence-electron chi connectivity index (χ3n) is 4.04. The van der Waals surface area contributed by atoms with Gasteiger partial charge in [0, 0.05) is 18.6 Å². The second-order valence-corrected chi connectivity index (χ2v) is 7.67. The Hall–Kier alpha value is -0.910. The smallest absolute Gasteiger partial charge is 0.243 e. The normalized spacial score (nSPS) is 22.7. The van der Waals surface area contributed by atoms with Crippen LogP contribution >= 0.6 is 0 Å². The molecule has 5 heteroatoms. The van der Waals surface area contributed by atoms with Crippen LogP contribution < -0.4 is 5.73 Å². The number of sulfonamides is 1. The zero-order valence-electron chi connectivity index (χ0n) is 12.5. The number of rotatable bonds is 3. The standard InChI is InChI=1S/C15H24N2O2S/c1-11-7-8-12(2)15(10-11)20(18,19)17-9-5-4-6-14(17)13(3)16/h7-8,10,13-14H,4-6,9,16H2,1-3H3. The molecule has 1 aromatic rings. The van der Waals surface area contributed by atoms with Crippen LogP contribution in [0.3, 0.4) is 0 Å². The first-order valence-electron chi connectivity index (χ1n) is 7.18. The third-order valence-corrected chi connectivity index (χ3v) is 6.10. The van der Waals surface area contributed by atoms with E-state index >= 15 is 0 Å². The van der Waals surface area contributed by atoms with Crippen molar-refractivity contribution in [3.05, 3.63) is 29.3 Å². The first-order valence-corrected chi connectivity index (χ1v) is 8.62. The average Bonchev–Trinajstić information content (AvgIpc) is 2.41. The second kappa shape index (κ2) is 5.84. The lowest BCUT2D eigenvalue weighted by Crippen LogP contribution is -2.51. The minimum Gasteiger partial charge on any atom is -0.326 e. The Kier molecular flexibility index (Phi) is 4.52. The van der Waals surface area contributed by atoms with Gasteiger partial charge in [0.1, 0.15) is 0 Å². The van der Waals surface area contributed by atoms with Crippen LogP contribution in [-0.2, 0) is 10.0 Å². The number of nitrogens with zero attached hydrogens (tertiary/aromatic N) is 1. The van der Waals surface area contributed by atoms with Gasteiger partial charge in [-0.25, -0.2) is 8.42 Å². The SMILES string of the molecule is Cc1ccc(C)c(S(=O)(=O)N2CCCCC2C(C)N)c1. The molecule has 0 bridgehead atoms. The molecule has 2 N–H and O–H groups in total. The fourth-order valence-corrected chi connectivity index (χ4v) is 4.95. The highest BCUT2D eigenvalue weighted by atomic mass is 32.2. The lowest BCUT2D eigenvalue weighted by atomic mass is 10.00. The van der Waals surface area contributed by atoms with Gasteiger partial charge in [-0.3, -0.25) is 0 Å². The van der Waals surface area contributed by atoms with Crippen molar-refractivity contribution in [2.24, 2.45) is 5.73 Å². The third kappa shape index (κ3) is 2.90. The van der Waals surface area contributed by atoms with Crippen molar-refractivity contribution < 1.29 is 8.42 Å². The van der Waals surface area contributed by atoms with Gasteiger partial charge < -0.3 is 5.73 Å². The van der Waals surface area contributed by atoms with Crippen LogP contribution in [0.4, 0.5) is 0 Å². The van der Waals surface area contributed by atoms with Gasteiger partial charge in [0.2, 0.25) is 10.0 Å². The molecule has 0 spiro atoms. The first kappa shape index (κ1) is 15.5. The monoisotopic (exact) mass is 296 g/mol. The predicted octanol–water partition coefficient (Wildman–Crippen LogP) is 2.19. The summed E-state index contributed by atoms with van der Waals surface area (Å²) in [5.74, 6) is 0. The number of benzene rings is 1. The van der Waals surface area contributed by atoms with Crippen molar-refractivity contribution in [2.45, 2.75) is 57.0 Å². The average molecular weight is 296 g/mol. The molecule has 0 amide bonds. The van der Waals surface area contributed by atoms with E-state index in [1.807, 2.05) is 32.9 Å². The summed E-state index contributed by atoms with van der Waals surface area (Å²) in [6.07, 6.45) is 2.81. The highest BCUT2D eigenvalue weighted by Crippen LogP contribution is 2.28. The molecule has 0 radical (unpaired) electrons. The summed E-state index contributed by atoms with van der Waals surface area (Å²) < 4.78 is 27.5. The molecular weight excluding hydrogens is 272 g/mol. The summed E-state index contributed by atoms with van der Waals surface area (Å²) in [4.78, 5) is 0.421. The van der Waals surface area contributed by atoms with Gasteiger partial charge in [-0.15, -0.1) is 0 Å². The zero-order chi connectivity index (χ0) is 14.9. The van der Waals surface area contributed by atoms with Gasteiger partial charge >= 0.3 is 0 Å². The maximum absolute atomic E-state index is 12.9. The van der Waals surface area contributed by atoms with Crippen molar-refractivity contribution in [1.82, 2.24) is 4.31 Å². The molecule has 2 atom stereocenters. The fourth-order valence-electron chi connectivity index (χ4n) is 2.87. The Morgan fingerprint density at radius 2 is 2.00 bits per heavy atom. The lowest BCUT2D eigenvalue weighted by Gasteiger charge is -2.37. The van der Waals surface area contributed by atoms with Gasteiger partial charge in [0.05, 0.1) is 4.90 Å². The molecule has 2 unspecified atom stereocenters. The van der Waals surface area contributed by atoms with Crippen molar-refractivity contribution in [3.8, 4) is 0 Å². The first-order chi connectivity index (χ1) is 9.34. The lowest BCUT2D eigenvalue weighted by molar-refractivity contribution is 0.227. The summed E-state index contributed by atoms with van der Waals surface area (Å²) in [6, 6.07) is 5.34. The van der Waals surface area contributed by atoms with E-state index in [2.05, 4.69) is 0 Å². The highest BCUT2D eigenvalue weighted by molar-refractivity contribution is 7.89. The molecule has 1 aliphatic rings. The number of piperidine rings is 1. The van der Waals surface area contributed by atoms with Gasteiger partial charge in [-0.2, -0.15) is 4.31 Å². The van der Waals surface area contributed by atoms with Crippen LogP contribution in [0.15, 0.2) is 23.1 Å². The van der Waals surface area contributed by atoms with E-state index in [1.165, 1.54) is 0 Å². The van der Waals surface area contributed by atoms with E-state index in [0.29, 0.717) is 11.4 Å². The van der Waals surface area contributed by atoms with Gasteiger partial charge in [0.15, 0.2) is 0 Å². The fraction of sp³-hybridized carbons (Fsp3) is 0.600. The maximum Gasteiger partial charge on any atom is 0.243 e. The van der Waals surface area contributed by atoms with Crippen molar-refractivity contribution >= 4 is 10.0 Å². The largest absolute Gasteiger partial charge is 0.326 e. The van der Waals surface area contributed by atoms with E-state index < -0.39 is 10.0 Å². The number of aryl methyl sites for hydroxylation is 2. The molecule has 1 heterocycles. The van der Waals surface area contributed by atoms with Crippen molar-refractivity contribution in [2.75, 3.05) is 6.54 Å². The van der Waals surface area contributed by atoms with Crippen LogP contribution in [0, 0.1) is 13.8 Å². The molecule has 1 fully saturated rings. The van der Waals surface area contributed by atoms with E-state index in [0.717, 1.165) is 30.4 Å². The van der Waals surface area contributed by atoms with Crippen LogP contribution in [0.1, 0.15) is 37.3 Å². The summed E-state index contributed by atoms with van der Waals surface area (Å²) in [7, 11) is -3.46. The summed E-state index contributed by atoms with van der Waals surface area (Å²) in [6.45, 7) is 6.22. The van der Waals surface area contributed by atoms with Crippen LogP contribution in [-0.4, -0.2) is 31.4 Å². The number of nitrogens with two attached hydrogens (primary N) is 1. The van der Waals surface area contributed by atoms with Crippen molar-refractivity contribution in [1.29, 1.82) is 0 Å². The van der Waals surface area contributed by atoms with Gasteiger partial charge in [0.25, 0.3) is 0 Å². The molecule has 0 aliphatic carbocycles. The van der Waals surface area contributed by atoms with Crippen LogP contribution in [0.5, 0.6) is 0 Å².